The normalized spacial score (nSPS) is 20.7. The van der Waals surface area contributed by atoms with Crippen LogP contribution >= 0.6 is 0 Å². The van der Waals surface area contributed by atoms with Crippen LogP contribution in [0.5, 0.6) is 5.75 Å². The smallest absolute Gasteiger partial charge is 0.317 e. The number of aliphatic hydroxyl groups excluding tert-OH is 1. The van der Waals surface area contributed by atoms with Gasteiger partial charge >= 0.3 is 6.03 Å². The Hall–Kier alpha value is -2.32. The third-order valence-corrected chi connectivity index (χ3v) is 7.64. The average molecular weight is 495 g/mol. The van der Waals surface area contributed by atoms with E-state index in [9.17, 15) is 18.3 Å². The fourth-order valence-corrected chi connectivity index (χ4v) is 5.37. The van der Waals surface area contributed by atoms with Crippen molar-refractivity contribution < 1.29 is 23.1 Å². The molecule has 0 aliphatic carbocycles. The van der Waals surface area contributed by atoms with Crippen molar-refractivity contribution in [2.45, 2.75) is 44.2 Å². The Morgan fingerprint density at radius 1 is 1.35 bits per heavy atom. The lowest BCUT2D eigenvalue weighted by Crippen LogP contribution is -2.51. The van der Waals surface area contributed by atoms with E-state index in [-0.39, 0.29) is 42.3 Å². The molecule has 9 nitrogen and oxygen atoms in total. The first-order valence-electron chi connectivity index (χ1n) is 11.6. The van der Waals surface area contributed by atoms with Gasteiger partial charge in [0.05, 0.1) is 19.7 Å². The fraction of sp³-hybridized carbons (Fsp3) is 0.625. The first-order valence-corrected chi connectivity index (χ1v) is 13.0. The van der Waals surface area contributed by atoms with Crippen molar-refractivity contribution in [1.82, 2.24) is 19.4 Å². The monoisotopic (exact) mass is 494 g/mol. The molecule has 0 saturated carbocycles. The number of hydrogen-bond donors (Lipinski definition) is 2. The van der Waals surface area contributed by atoms with E-state index in [4.69, 9.17) is 4.74 Å². The summed E-state index contributed by atoms with van der Waals surface area (Å²) in [7, 11) is 1.61. The number of fused-ring (bicyclic) bond motifs is 1. The number of nitrogens with one attached hydrogen (secondary N) is 1. The molecule has 0 radical (unpaired) electrons. The van der Waals surface area contributed by atoms with Gasteiger partial charge in [0, 0.05) is 37.7 Å². The second-order valence-electron chi connectivity index (χ2n) is 9.05. The van der Waals surface area contributed by atoms with E-state index in [1.165, 1.54) is 10.4 Å². The van der Waals surface area contributed by atoms with Crippen LogP contribution < -0.4 is 10.1 Å². The Morgan fingerprint density at radius 2 is 2.06 bits per heavy atom. The van der Waals surface area contributed by atoms with Gasteiger partial charge in [0.2, 0.25) is 10.0 Å². The quantitative estimate of drug-likeness (QED) is 0.556. The number of hydrogen-bond acceptors (Lipinski definition) is 6. The largest absolute Gasteiger partial charge is 0.487 e. The van der Waals surface area contributed by atoms with Gasteiger partial charge in [-0.2, -0.15) is 4.31 Å². The summed E-state index contributed by atoms with van der Waals surface area (Å²) in [6.07, 6.45) is 0.359. The number of likely N-dealkylation sites (N-methyl/N-ethyl adjacent to an activating group) is 1. The molecule has 1 heterocycles. The molecule has 0 spiro atoms. The van der Waals surface area contributed by atoms with Crippen LogP contribution in [0.2, 0.25) is 0 Å². The number of carbonyl (C=O) groups is 1. The molecule has 0 bridgehead atoms. The Balaban J connectivity index is 2.48. The maximum atomic E-state index is 13.5. The molecule has 1 aromatic carbocycles. The summed E-state index contributed by atoms with van der Waals surface area (Å²) in [5.74, 6) is 6.05. The summed E-state index contributed by atoms with van der Waals surface area (Å²) in [5.41, 5.74) is 0.638. The number of amides is 2. The van der Waals surface area contributed by atoms with E-state index >= 15 is 0 Å². The number of benzene rings is 1. The number of nitrogens with zero attached hydrogens (tertiary/aromatic N) is 3. The minimum atomic E-state index is -3.92. The lowest BCUT2D eigenvalue weighted by molar-refractivity contribution is 0.0812. The summed E-state index contributed by atoms with van der Waals surface area (Å²) in [5, 5.41) is 12.6. The molecule has 10 heteroatoms. The second-order valence-corrected chi connectivity index (χ2v) is 10.9. The number of ether oxygens (including phenoxy) is 1. The predicted octanol–water partition coefficient (Wildman–Crippen LogP) is 1.42. The van der Waals surface area contributed by atoms with Crippen molar-refractivity contribution in [2.24, 2.45) is 5.92 Å². The first-order chi connectivity index (χ1) is 16.0. The first kappa shape index (κ1) is 27.9. The molecule has 1 aliphatic heterocycles. The van der Waals surface area contributed by atoms with Crippen LogP contribution in [-0.4, -0.2) is 99.7 Å². The third-order valence-electron chi connectivity index (χ3n) is 5.62. The zero-order valence-corrected chi connectivity index (χ0v) is 21.9. The van der Waals surface area contributed by atoms with Gasteiger partial charge in [-0.25, -0.2) is 13.2 Å². The van der Waals surface area contributed by atoms with Gasteiger partial charge in [0.15, 0.2) is 0 Å². The highest BCUT2D eigenvalue weighted by Gasteiger charge is 2.38. The molecule has 1 aromatic rings. The number of carbonyl (C=O) groups excluding carboxylic acids is 1. The summed E-state index contributed by atoms with van der Waals surface area (Å²) in [4.78, 5) is 15.9. The van der Waals surface area contributed by atoms with Gasteiger partial charge < -0.3 is 20.1 Å². The van der Waals surface area contributed by atoms with Crippen molar-refractivity contribution in [1.29, 1.82) is 0 Å². The lowest BCUT2D eigenvalue weighted by atomic mass is 10.0. The molecule has 190 valence electrons. The highest BCUT2D eigenvalue weighted by Crippen LogP contribution is 2.34. The van der Waals surface area contributed by atoms with Crippen LogP contribution in [0.3, 0.4) is 0 Å². The van der Waals surface area contributed by atoms with Crippen LogP contribution in [0.15, 0.2) is 23.1 Å². The van der Waals surface area contributed by atoms with Crippen molar-refractivity contribution >= 4 is 16.1 Å². The van der Waals surface area contributed by atoms with Crippen molar-refractivity contribution in [3.63, 3.8) is 0 Å². The minimum absolute atomic E-state index is 0.0287. The SMILES string of the molecule is CCCNC(=O)N(C)C[C@@H]1Oc2cc(C#CCN(C)C)ccc2S(=O)(=O)N([C@@H](C)CO)C[C@H]1C. The van der Waals surface area contributed by atoms with E-state index in [1.54, 1.807) is 31.0 Å². The topological polar surface area (TPSA) is 102 Å². The maximum absolute atomic E-state index is 13.5. The Bertz CT molecular complexity index is 1000. The Morgan fingerprint density at radius 3 is 2.68 bits per heavy atom. The second kappa shape index (κ2) is 12.4. The highest BCUT2D eigenvalue weighted by atomic mass is 32.2. The van der Waals surface area contributed by atoms with Gasteiger partial charge in [0.1, 0.15) is 16.7 Å². The number of sulfonamides is 1. The van der Waals surface area contributed by atoms with Crippen molar-refractivity contribution in [2.75, 3.05) is 53.9 Å². The molecule has 2 rings (SSSR count). The predicted molar refractivity (Wildman–Crippen MR) is 132 cm³/mol. The zero-order valence-electron chi connectivity index (χ0n) is 21.0. The Labute approximate surface area is 204 Å². The molecule has 0 aromatic heterocycles. The number of aliphatic hydroxyl groups is 1. The molecule has 3 atom stereocenters. The number of urea groups is 1. The summed E-state index contributed by atoms with van der Waals surface area (Å²) < 4.78 is 34.6. The van der Waals surface area contributed by atoms with Crippen LogP contribution in [0.1, 0.15) is 32.8 Å². The van der Waals surface area contributed by atoms with Crippen molar-refractivity contribution in [3.8, 4) is 17.6 Å². The van der Waals surface area contributed by atoms with E-state index < -0.39 is 22.2 Å². The van der Waals surface area contributed by atoms with E-state index in [0.717, 1.165) is 6.42 Å². The van der Waals surface area contributed by atoms with Crippen LogP contribution in [0, 0.1) is 17.8 Å². The van der Waals surface area contributed by atoms with E-state index in [1.807, 2.05) is 32.8 Å². The molecule has 0 unspecified atom stereocenters. The van der Waals surface area contributed by atoms with Gasteiger partial charge in [-0.3, -0.25) is 4.90 Å². The maximum Gasteiger partial charge on any atom is 0.317 e. The number of rotatable bonds is 7. The van der Waals surface area contributed by atoms with Crippen molar-refractivity contribution in [3.05, 3.63) is 23.8 Å². The standard InChI is InChI=1S/C24H38N4O5S/c1-7-12-25-24(30)27(6)16-22-18(2)15-28(19(3)17-29)34(31,32)23-11-10-20(14-21(23)33-22)9-8-13-26(4)5/h10-11,14,18-19,22,29H,7,12-13,15-17H2,1-6H3,(H,25,30)/t18-,19+,22+/m1/s1. The molecule has 0 fully saturated rings. The zero-order chi connectivity index (χ0) is 25.5. The molecular weight excluding hydrogens is 456 g/mol. The third kappa shape index (κ3) is 7.09. The molecule has 2 amide bonds. The Kier molecular flexibility index (Phi) is 10.2. The van der Waals surface area contributed by atoms with E-state index in [2.05, 4.69) is 17.2 Å². The van der Waals surface area contributed by atoms with Gasteiger partial charge in [0.25, 0.3) is 0 Å². The van der Waals surface area contributed by atoms with E-state index in [0.29, 0.717) is 18.7 Å². The highest BCUT2D eigenvalue weighted by molar-refractivity contribution is 7.89. The summed E-state index contributed by atoms with van der Waals surface area (Å²) in [6, 6.07) is 3.99. The van der Waals surface area contributed by atoms with Crippen LogP contribution in [0.25, 0.3) is 0 Å². The summed E-state index contributed by atoms with van der Waals surface area (Å²) >= 11 is 0. The van der Waals surface area contributed by atoms with Crippen LogP contribution in [0.4, 0.5) is 4.79 Å². The average Bonchev–Trinajstić information content (AvgIpc) is 2.78. The summed E-state index contributed by atoms with van der Waals surface area (Å²) in [6.45, 7) is 6.80. The lowest BCUT2D eigenvalue weighted by Gasteiger charge is -2.37. The molecule has 1 aliphatic rings. The van der Waals surface area contributed by atoms with Gasteiger partial charge in [-0.05, 0) is 45.6 Å². The molecular formula is C24H38N4O5S. The minimum Gasteiger partial charge on any atom is -0.487 e. The van der Waals surface area contributed by atoms with Crippen LogP contribution in [-0.2, 0) is 10.0 Å². The fourth-order valence-electron chi connectivity index (χ4n) is 3.54. The molecule has 0 saturated heterocycles. The van der Waals surface area contributed by atoms with Gasteiger partial charge in [-0.1, -0.05) is 25.7 Å². The molecule has 2 N–H and O–H groups in total. The van der Waals surface area contributed by atoms with Gasteiger partial charge in [-0.15, -0.1) is 0 Å². The molecule has 34 heavy (non-hydrogen) atoms.